The number of hydrogen-bond acceptors (Lipinski definition) is 1. The maximum absolute atomic E-state index is 4.80. The lowest BCUT2D eigenvalue weighted by atomic mass is 9.99. The van der Waals surface area contributed by atoms with Crippen molar-refractivity contribution in [2.75, 3.05) is 0 Å². The van der Waals surface area contributed by atoms with E-state index in [4.69, 9.17) is 4.98 Å². The summed E-state index contributed by atoms with van der Waals surface area (Å²) in [7, 11) is 0. The third-order valence-corrected chi connectivity index (χ3v) is 4.00. The van der Waals surface area contributed by atoms with Crippen LogP contribution in [-0.2, 0) is 0 Å². The molecule has 0 fully saturated rings. The summed E-state index contributed by atoms with van der Waals surface area (Å²) in [4.78, 5) is 8.30. The van der Waals surface area contributed by atoms with Crippen LogP contribution in [0, 0.1) is 6.92 Å². The molecule has 3 heteroatoms. The van der Waals surface area contributed by atoms with Crippen molar-refractivity contribution in [3.63, 3.8) is 0 Å². The summed E-state index contributed by atoms with van der Waals surface area (Å²) in [6, 6.07) is 4.24. The molecule has 1 heterocycles. The van der Waals surface area contributed by atoms with Gasteiger partial charge in [-0.05, 0) is 37.5 Å². The average Bonchev–Trinajstić information content (AvgIpc) is 2.74. The van der Waals surface area contributed by atoms with Crippen LogP contribution in [0.3, 0.4) is 0 Å². The molecular weight excluding hydrogens is 288 g/mol. The lowest BCUT2D eigenvalue weighted by molar-refractivity contribution is 0.549. The van der Waals surface area contributed by atoms with E-state index >= 15 is 0 Å². The van der Waals surface area contributed by atoms with Crippen LogP contribution in [0.4, 0.5) is 0 Å². The first kappa shape index (κ1) is 13.6. The van der Waals surface area contributed by atoms with Crippen molar-refractivity contribution >= 4 is 27.0 Å². The van der Waals surface area contributed by atoms with Gasteiger partial charge >= 0.3 is 0 Å². The Morgan fingerprint density at radius 2 is 2.11 bits per heavy atom. The smallest absolute Gasteiger partial charge is 0.110 e. The van der Waals surface area contributed by atoms with Crippen LogP contribution in [0.25, 0.3) is 11.0 Å². The number of fused-ring (bicyclic) bond motifs is 1. The number of halogens is 1. The molecule has 0 amide bonds. The molecular formula is C15H21BrN2. The standard InChI is InChI=1S/C15H21BrN2/c1-4-6-7-11(5-2)15-17-13-9-12(16)8-10(3)14(13)18-15/h8-9,11H,4-7H2,1-3H3,(H,17,18). The minimum atomic E-state index is 0.565. The minimum absolute atomic E-state index is 0.565. The monoisotopic (exact) mass is 308 g/mol. The fourth-order valence-electron chi connectivity index (χ4n) is 2.44. The van der Waals surface area contributed by atoms with E-state index in [1.165, 1.54) is 24.8 Å². The first-order valence-corrected chi connectivity index (χ1v) is 7.60. The molecule has 2 aromatic rings. The molecule has 0 radical (unpaired) electrons. The zero-order chi connectivity index (χ0) is 13.1. The van der Waals surface area contributed by atoms with Crippen LogP contribution >= 0.6 is 15.9 Å². The van der Waals surface area contributed by atoms with Gasteiger partial charge in [0.25, 0.3) is 0 Å². The molecule has 0 spiro atoms. The summed E-state index contributed by atoms with van der Waals surface area (Å²) >= 11 is 3.54. The highest BCUT2D eigenvalue weighted by Crippen LogP contribution is 2.28. The molecule has 0 aliphatic heterocycles. The Morgan fingerprint density at radius 1 is 1.33 bits per heavy atom. The summed E-state index contributed by atoms with van der Waals surface area (Å²) in [6.07, 6.45) is 4.91. The van der Waals surface area contributed by atoms with Crippen molar-refractivity contribution in [1.29, 1.82) is 0 Å². The number of benzene rings is 1. The first-order valence-electron chi connectivity index (χ1n) is 6.81. The van der Waals surface area contributed by atoms with E-state index in [1.807, 2.05) is 0 Å². The molecule has 18 heavy (non-hydrogen) atoms. The van der Waals surface area contributed by atoms with Crippen molar-refractivity contribution in [3.05, 3.63) is 28.0 Å². The van der Waals surface area contributed by atoms with Gasteiger partial charge in [-0.1, -0.05) is 42.6 Å². The lowest BCUT2D eigenvalue weighted by Gasteiger charge is -2.10. The van der Waals surface area contributed by atoms with E-state index < -0.39 is 0 Å². The molecule has 98 valence electrons. The topological polar surface area (TPSA) is 28.7 Å². The molecule has 0 bridgehead atoms. The molecule has 1 aromatic heterocycles. The number of unbranched alkanes of at least 4 members (excludes halogenated alkanes) is 1. The van der Waals surface area contributed by atoms with Gasteiger partial charge in [0, 0.05) is 10.4 Å². The first-order chi connectivity index (χ1) is 8.65. The van der Waals surface area contributed by atoms with Crippen molar-refractivity contribution in [3.8, 4) is 0 Å². The fraction of sp³-hybridized carbons (Fsp3) is 0.533. The zero-order valence-electron chi connectivity index (χ0n) is 11.4. The fourth-order valence-corrected chi connectivity index (χ4v) is 3.02. The number of nitrogens with one attached hydrogen (secondary N) is 1. The second-order valence-corrected chi connectivity index (χ2v) is 5.90. The molecule has 0 saturated heterocycles. The van der Waals surface area contributed by atoms with E-state index in [2.05, 4.69) is 53.8 Å². The van der Waals surface area contributed by atoms with Gasteiger partial charge < -0.3 is 4.98 Å². The number of aromatic nitrogens is 2. The third kappa shape index (κ3) is 2.77. The number of hydrogen-bond donors (Lipinski definition) is 1. The Balaban J connectivity index is 2.36. The minimum Gasteiger partial charge on any atom is -0.342 e. The number of rotatable bonds is 5. The van der Waals surface area contributed by atoms with Crippen LogP contribution < -0.4 is 0 Å². The predicted molar refractivity (Wildman–Crippen MR) is 81.1 cm³/mol. The second-order valence-electron chi connectivity index (χ2n) is 4.99. The van der Waals surface area contributed by atoms with E-state index in [0.717, 1.165) is 27.8 Å². The molecule has 0 aliphatic carbocycles. The Kier molecular flexibility index (Phi) is 4.44. The van der Waals surface area contributed by atoms with Crippen LogP contribution in [0.5, 0.6) is 0 Å². The van der Waals surface area contributed by atoms with Crippen molar-refractivity contribution < 1.29 is 0 Å². The summed E-state index contributed by atoms with van der Waals surface area (Å²) in [6.45, 7) is 6.60. The maximum Gasteiger partial charge on any atom is 0.110 e. The van der Waals surface area contributed by atoms with Gasteiger partial charge in [-0.25, -0.2) is 4.98 Å². The quantitative estimate of drug-likeness (QED) is 0.796. The zero-order valence-corrected chi connectivity index (χ0v) is 13.0. The summed E-state index contributed by atoms with van der Waals surface area (Å²) < 4.78 is 1.12. The van der Waals surface area contributed by atoms with E-state index in [-0.39, 0.29) is 0 Å². The molecule has 2 rings (SSSR count). The van der Waals surface area contributed by atoms with Gasteiger partial charge in [-0.15, -0.1) is 0 Å². The normalized spacial score (nSPS) is 13.1. The number of aromatic amines is 1. The van der Waals surface area contributed by atoms with E-state index in [9.17, 15) is 0 Å². The molecule has 1 aromatic carbocycles. The molecule has 1 atom stereocenters. The predicted octanol–water partition coefficient (Wildman–Crippen LogP) is 5.32. The number of nitrogens with zero attached hydrogens (tertiary/aromatic N) is 1. The SMILES string of the molecule is CCCCC(CC)c1nc2c(C)cc(Br)cc2[nH]1. The largest absolute Gasteiger partial charge is 0.342 e. The molecule has 0 aliphatic rings. The summed E-state index contributed by atoms with van der Waals surface area (Å²) in [5, 5.41) is 0. The van der Waals surface area contributed by atoms with Crippen molar-refractivity contribution in [1.82, 2.24) is 9.97 Å². The van der Waals surface area contributed by atoms with Crippen LogP contribution in [0.2, 0.25) is 0 Å². The molecule has 1 N–H and O–H groups in total. The van der Waals surface area contributed by atoms with Crippen molar-refractivity contribution in [2.45, 2.75) is 52.4 Å². The highest BCUT2D eigenvalue weighted by atomic mass is 79.9. The maximum atomic E-state index is 4.80. The number of aryl methyl sites for hydroxylation is 1. The lowest BCUT2D eigenvalue weighted by Crippen LogP contribution is -1.99. The van der Waals surface area contributed by atoms with Gasteiger partial charge in [0.15, 0.2) is 0 Å². The van der Waals surface area contributed by atoms with Crippen LogP contribution in [-0.4, -0.2) is 9.97 Å². The Labute approximate surface area is 117 Å². The van der Waals surface area contributed by atoms with Gasteiger partial charge in [0.05, 0.1) is 11.0 Å². The van der Waals surface area contributed by atoms with Gasteiger partial charge in [0.1, 0.15) is 5.82 Å². The van der Waals surface area contributed by atoms with E-state index in [0.29, 0.717) is 5.92 Å². The van der Waals surface area contributed by atoms with E-state index in [1.54, 1.807) is 0 Å². The molecule has 0 saturated carbocycles. The highest BCUT2D eigenvalue weighted by molar-refractivity contribution is 9.10. The highest BCUT2D eigenvalue weighted by Gasteiger charge is 2.14. The summed E-state index contributed by atoms with van der Waals surface area (Å²) in [5.41, 5.74) is 3.49. The Morgan fingerprint density at radius 3 is 2.78 bits per heavy atom. The van der Waals surface area contributed by atoms with Gasteiger partial charge in [0.2, 0.25) is 0 Å². The third-order valence-electron chi connectivity index (χ3n) is 3.55. The average molecular weight is 309 g/mol. The Bertz CT molecular complexity index is 531. The molecule has 2 nitrogen and oxygen atoms in total. The molecule has 1 unspecified atom stereocenters. The van der Waals surface area contributed by atoms with Gasteiger partial charge in [-0.2, -0.15) is 0 Å². The van der Waals surface area contributed by atoms with Crippen LogP contribution in [0.1, 0.15) is 56.8 Å². The van der Waals surface area contributed by atoms with Gasteiger partial charge in [-0.3, -0.25) is 0 Å². The number of H-pyrrole nitrogens is 1. The van der Waals surface area contributed by atoms with Crippen molar-refractivity contribution in [2.24, 2.45) is 0 Å². The summed E-state index contributed by atoms with van der Waals surface area (Å²) in [5.74, 6) is 1.72. The number of imidazole rings is 1. The Hall–Kier alpha value is -0.830. The second kappa shape index (κ2) is 5.87. The van der Waals surface area contributed by atoms with Crippen LogP contribution in [0.15, 0.2) is 16.6 Å².